The van der Waals surface area contributed by atoms with E-state index in [2.05, 4.69) is 38.2 Å². The van der Waals surface area contributed by atoms with E-state index in [4.69, 9.17) is 0 Å². The van der Waals surface area contributed by atoms with Gasteiger partial charge < -0.3 is 20.0 Å². The third-order valence-electron chi connectivity index (χ3n) is 7.00. The van der Waals surface area contributed by atoms with Crippen LogP contribution in [0.4, 0.5) is 0 Å². The van der Waals surface area contributed by atoms with Gasteiger partial charge in [0, 0.05) is 32.2 Å². The Hall–Kier alpha value is -1.14. The molecular formula is C21H38N4O2. The number of carbonyl (C=O) groups excluding carboxylic acids is 2. The molecule has 1 spiro atoms. The first-order valence-corrected chi connectivity index (χ1v) is 10.8. The Bertz CT molecular complexity index is 540. The van der Waals surface area contributed by atoms with Crippen molar-refractivity contribution in [1.29, 1.82) is 0 Å². The molecule has 1 saturated carbocycles. The van der Waals surface area contributed by atoms with Crippen molar-refractivity contribution in [2.75, 3.05) is 46.8 Å². The molecule has 2 amide bonds. The zero-order valence-corrected chi connectivity index (χ0v) is 17.7. The highest BCUT2D eigenvalue weighted by molar-refractivity contribution is 5.88. The Morgan fingerprint density at radius 1 is 1.22 bits per heavy atom. The molecule has 27 heavy (non-hydrogen) atoms. The molecule has 2 saturated heterocycles. The molecule has 0 aromatic heterocycles. The molecule has 0 bridgehead atoms. The van der Waals surface area contributed by atoms with Crippen molar-refractivity contribution in [3.05, 3.63) is 0 Å². The fourth-order valence-corrected chi connectivity index (χ4v) is 5.17. The van der Waals surface area contributed by atoms with E-state index in [1.807, 2.05) is 4.90 Å². The molecule has 3 rings (SSSR count). The van der Waals surface area contributed by atoms with Crippen LogP contribution in [0.1, 0.15) is 52.4 Å². The second-order valence-electron chi connectivity index (χ2n) is 9.64. The monoisotopic (exact) mass is 378 g/mol. The van der Waals surface area contributed by atoms with E-state index < -0.39 is 0 Å². The third-order valence-corrected chi connectivity index (χ3v) is 7.00. The molecule has 1 aliphatic carbocycles. The van der Waals surface area contributed by atoms with Crippen LogP contribution in [-0.4, -0.2) is 85.4 Å². The summed E-state index contributed by atoms with van der Waals surface area (Å²) in [6, 6.07) is 0.571. The number of amides is 2. The Labute approximate surface area is 164 Å². The van der Waals surface area contributed by atoms with Crippen molar-refractivity contribution in [3.8, 4) is 0 Å². The van der Waals surface area contributed by atoms with E-state index in [0.717, 1.165) is 38.9 Å². The predicted octanol–water partition coefficient (Wildman–Crippen LogP) is 1.56. The molecule has 6 heteroatoms. The zero-order valence-electron chi connectivity index (χ0n) is 17.7. The lowest BCUT2D eigenvalue weighted by Gasteiger charge is -2.41. The van der Waals surface area contributed by atoms with Crippen LogP contribution in [0.15, 0.2) is 0 Å². The molecule has 1 N–H and O–H groups in total. The minimum Gasteiger partial charge on any atom is -0.341 e. The van der Waals surface area contributed by atoms with Crippen molar-refractivity contribution in [3.63, 3.8) is 0 Å². The molecule has 2 unspecified atom stereocenters. The van der Waals surface area contributed by atoms with Gasteiger partial charge in [-0.3, -0.25) is 9.59 Å². The van der Waals surface area contributed by atoms with Crippen LogP contribution in [0.5, 0.6) is 0 Å². The number of carbonyl (C=O) groups is 2. The number of likely N-dealkylation sites (tertiary alicyclic amines) is 1. The lowest BCUT2D eigenvalue weighted by Crippen LogP contribution is -2.58. The van der Waals surface area contributed by atoms with Gasteiger partial charge >= 0.3 is 0 Å². The predicted molar refractivity (Wildman–Crippen MR) is 107 cm³/mol. The number of hydrogen-bond donors (Lipinski definition) is 1. The minimum absolute atomic E-state index is 0.0985. The van der Waals surface area contributed by atoms with Crippen LogP contribution in [0, 0.1) is 11.3 Å². The molecule has 154 valence electrons. The molecule has 2 heterocycles. The molecule has 6 nitrogen and oxygen atoms in total. The van der Waals surface area contributed by atoms with Gasteiger partial charge in [0.05, 0.1) is 12.6 Å². The summed E-state index contributed by atoms with van der Waals surface area (Å²) >= 11 is 0. The summed E-state index contributed by atoms with van der Waals surface area (Å²) in [7, 11) is 4.36. The average Bonchev–Trinajstić information content (AvgIpc) is 3.02. The first-order valence-electron chi connectivity index (χ1n) is 10.8. The fourth-order valence-electron chi connectivity index (χ4n) is 5.17. The summed E-state index contributed by atoms with van der Waals surface area (Å²) in [6.07, 6.45) is 6.93. The molecule has 0 radical (unpaired) electrons. The van der Waals surface area contributed by atoms with Crippen LogP contribution in [0.25, 0.3) is 0 Å². The van der Waals surface area contributed by atoms with Crippen LogP contribution >= 0.6 is 0 Å². The number of rotatable bonds is 5. The van der Waals surface area contributed by atoms with Gasteiger partial charge in [-0.2, -0.15) is 0 Å². The Kier molecular flexibility index (Phi) is 6.46. The van der Waals surface area contributed by atoms with Gasteiger partial charge in [-0.25, -0.2) is 0 Å². The standard InChI is InChI=1S/C21H38N4O2/c1-16(2)13-18-20(27)25(12-9-22-18)15-19(26)24-10-7-21(8-11-24)6-5-17(14-21)23(3)4/h16-18,22H,5-15H2,1-4H3. The maximum atomic E-state index is 12.8. The van der Waals surface area contributed by atoms with Crippen LogP contribution in [0.2, 0.25) is 0 Å². The molecule has 2 aliphatic heterocycles. The summed E-state index contributed by atoms with van der Waals surface area (Å²) in [6.45, 7) is 7.65. The normalized spacial score (nSPS) is 28.6. The van der Waals surface area contributed by atoms with E-state index in [9.17, 15) is 9.59 Å². The molecule has 0 aromatic rings. The summed E-state index contributed by atoms with van der Waals surface area (Å²) < 4.78 is 0. The van der Waals surface area contributed by atoms with Gasteiger partial charge in [-0.15, -0.1) is 0 Å². The summed E-state index contributed by atoms with van der Waals surface area (Å²) in [5, 5.41) is 3.31. The topological polar surface area (TPSA) is 55.9 Å². The van der Waals surface area contributed by atoms with E-state index in [0.29, 0.717) is 23.9 Å². The van der Waals surface area contributed by atoms with Crippen molar-refractivity contribution < 1.29 is 9.59 Å². The second kappa shape index (κ2) is 8.48. The minimum atomic E-state index is -0.127. The van der Waals surface area contributed by atoms with Gasteiger partial charge in [0.25, 0.3) is 0 Å². The van der Waals surface area contributed by atoms with Crippen molar-refractivity contribution >= 4 is 11.8 Å². The molecular weight excluding hydrogens is 340 g/mol. The second-order valence-corrected chi connectivity index (χ2v) is 9.64. The highest BCUT2D eigenvalue weighted by atomic mass is 16.2. The van der Waals surface area contributed by atoms with E-state index in [1.54, 1.807) is 4.90 Å². The van der Waals surface area contributed by atoms with Crippen molar-refractivity contribution in [1.82, 2.24) is 20.0 Å². The quantitative estimate of drug-likeness (QED) is 0.789. The maximum Gasteiger partial charge on any atom is 0.242 e. The Balaban J connectivity index is 1.49. The molecule has 3 fully saturated rings. The Morgan fingerprint density at radius 2 is 1.93 bits per heavy atom. The van der Waals surface area contributed by atoms with Crippen LogP contribution < -0.4 is 5.32 Å². The summed E-state index contributed by atoms with van der Waals surface area (Å²) in [4.78, 5) is 31.6. The van der Waals surface area contributed by atoms with Gasteiger partial charge in [-0.1, -0.05) is 13.8 Å². The number of hydrogen-bond acceptors (Lipinski definition) is 4. The number of piperidine rings is 1. The van der Waals surface area contributed by atoms with Crippen LogP contribution in [0.3, 0.4) is 0 Å². The number of piperazine rings is 1. The summed E-state index contributed by atoms with van der Waals surface area (Å²) in [5.41, 5.74) is 0.443. The SMILES string of the molecule is CC(C)CC1NCCN(CC(=O)N2CCC3(CCC(N(C)C)C3)CC2)C1=O. The largest absolute Gasteiger partial charge is 0.341 e. The number of nitrogens with zero attached hydrogens (tertiary/aromatic N) is 3. The van der Waals surface area contributed by atoms with E-state index >= 15 is 0 Å². The fraction of sp³-hybridized carbons (Fsp3) is 0.905. The van der Waals surface area contributed by atoms with Crippen molar-refractivity contribution in [2.45, 2.75) is 64.5 Å². The van der Waals surface area contributed by atoms with Gasteiger partial charge in [0.2, 0.25) is 11.8 Å². The highest BCUT2D eigenvalue weighted by Crippen LogP contribution is 2.47. The first-order chi connectivity index (χ1) is 12.8. The van der Waals surface area contributed by atoms with Crippen LogP contribution in [-0.2, 0) is 9.59 Å². The van der Waals surface area contributed by atoms with Gasteiger partial charge in [0.15, 0.2) is 0 Å². The maximum absolute atomic E-state index is 12.8. The van der Waals surface area contributed by atoms with Gasteiger partial charge in [-0.05, 0) is 64.0 Å². The van der Waals surface area contributed by atoms with Crippen molar-refractivity contribution in [2.24, 2.45) is 11.3 Å². The number of nitrogens with one attached hydrogen (secondary N) is 1. The molecule has 2 atom stereocenters. The lowest BCUT2D eigenvalue weighted by molar-refractivity contribution is -0.144. The van der Waals surface area contributed by atoms with E-state index in [-0.39, 0.29) is 24.4 Å². The average molecular weight is 379 g/mol. The zero-order chi connectivity index (χ0) is 19.6. The van der Waals surface area contributed by atoms with E-state index in [1.165, 1.54) is 19.3 Å². The first kappa shape index (κ1) is 20.6. The highest BCUT2D eigenvalue weighted by Gasteiger charge is 2.42. The summed E-state index contributed by atoms with van der Waals surface area (Å²) in [5.74, 6) is 0.699. The lowest BCUT2D eigenvalue weighted by atomic mass is 9.76. The molecule has 0 aromatic carbocycles. The Morgan fingerprint density at radius 3 is 2.52 bits per heavy atom. The van der Waals surface area contributed by atoms with Gasteiger partial charge in [0.1, 0.15) is 0 Å². The molecule has 3 aliphatic rings. The smallest absolute Gasteiger partial charge is 0.242 e. The third kappa shape index (κ3) is 4.83.